The largest absolute Gasteiger partial charge is 0.388 e. The number of aliphatic hydroxyl groups excluding tert-OH is 1. The summed E-state index contributed by atoms with van der Waals surface area (Å²) in [6.45, 7) is 2.04. The fourth-order valence-corrected chi connectivity index (χ4v) is 1.98. The Hall–Kier alpha value is -0.870. The first-order chi connectivity index (χ1) is 6.66. The summed E-state index contributed by atoms with van der Waals surface area (Å²) in [5.74, 6) is 0. The lowest BCUT2D eigenvalue weighted by Crippen LogP contribution is -2.41. The van der Waals surface area contributed by atoms with E-state index in [9.17, 15) is 10.2 Å². The first-order valence-electron chi connectivity index (χ1n) is 5.11. The van der Waals surface area contributed by atoms with Crippen LogP contribution in [0.4, 0.5) is 0 Å². The Labute approximate surface area is 83.2 Å². The van der Waals surface area contributed by atoms with E-state index in [1.165, 1.54) is 4.68 Å². The summed E-state index contributed by atoms with van der Waals surface area (Å²) in [6, 6.07) is 0. The molecule has 4 nitrogen and oxygen atoms in total. The van der Waals surface area contributed by atoms with Gasteiger partial charge in [-0.15, -0.1) is 0 Å². The third kappa shape index (κ3) is 1.35. The molecule has 0 spiro atoms. The van der Waals surface area contributed by atoms with Crippen LogP contribution in [0.1, 0.15) is 31.7 Å². The average Bonchev–Trinajstić information content (AvgIpc) is 2.75. The third-order valence-corrected chi connectivity index (χ3v) is 3.00. The Morgan fingerprint density at radius 2 is 2.50 bits per heavy atom. The van der Waals surface area contributed by atoms with Gasteiger partial charge in [-0.2, -0.15) is 5.10 Å². The summed E-state index contributed by atoms with van der Waals surface area (Å²) in [6.07, 6.45) is 5.84. The zero-order chi connectivity index (χ0) is 10.2. The van der Waals surface area contributed by atoms with Gasteiger partial charge in [0, 0.05) is 6.20 Å². The lowest BCUT2D eigenvalue weighted by molar-refractivity contribution is -0.122. The maximum Gasteiger partial charge on any atom is 0.183 e. The highest BCUT2D eigenvalue weighted by molar-refractivity contribution is 5.05. The van der Waals surface area contributed by atoms with Crippen LogP contribution in [0.3, 0.4) is 0 Å². The van der Waals surface area contributed by atoms with Gasteiger partial charge in [0.2, 0.25) is 0 Å². The van der Waals surface area contributed by atoms with E-state index in [1.807, 2.05) is 13.1 Å². The number of aryl methyl sites for hydroxylation is 1. The molecule has 0 amide bonds. The van der Waals surface area contributed by atoms with E-state index in [0.29, 0.717) is 12.8 Å². The van der Waals surface area contributed by atoms with Gasteiger partial charge in [0.1, 0.15) is 6.10 Å². The maximum absolute atomic E-state index is 10.2. The molecule has 0 saturated heterocycles. The van der Waals surface area contributed by atoms with Gasteiger partial charge < -0.3 is 10.2 Å². The minimum atomic E-state index is -1.17. The van der Waals surface area contributed by atoms with Gasteiger partial charge in [0.25, 0.3) is 0 Å². The van der Waals surface area contributed by atoms with Crippen molar-refractivity contribution in [2.75, 3.05) is 0 Å². The molecule has 1 heterocycles. The Bertz CT molecular complexity index is 324. The average molecular weight is 196 g/mol. The van der Waals surface area contributed by atoms with E-state index < -0.39 is 11.8 Å². The van der Waals surface area contributed by atoms with E-state index in [4.69, 9.17) is 0 Å². The van der Waals surface area contributed by atoms with Gasteiger partial charge >= 0.3 is 0 Å². The smallest absolute Gasteiger partial charge is 0.183 e. The van der Waals surface area contributed by atoms with Gasteiger partial charge in [0.15, 0.2) is 5.72 Å². The first-order valence-corrected chi connectivity index (χ1v) is 5.11. The van der Waals surface area contributed by atoms with Crippen LogP contribution in [0.15, 0.2) is 12.4 Å². The van der Waals surface area contributed by atoms with Crippen molar-refractivity contribution in [1.82, 2.24) is 9.78 Å². The van der Waals surface area contributed by atoms with Crippen LogP contribution >= 0.6 is 0 Å². The lowest BCUT2D eigenvalue weighted by atomic mass is 10.1. The van der Waals surface area contributed by atoms with Crippen LogP contribution in [0.2, 0.25) is 0 Å². The van der Waals surface area contributed by atoms with E-state index in [2.05, 4.69) is 5.10 Å². The summed E-state index contributed by atoms with van der Waals surface area (Å²) in [4.78, 5) is 0. The molecule has 78 valence electrons. The summed E-state index contributed by atoms with van der Waals surface area (Å²) in [5.41, 5.74) is -0.0922. The quantitative estimate of drug-likeness (QED) is 0.729. The third-order valence-electron chi connectivity index (χ3n) is 3.00. The minimum absolute atomic E-state index is 0.582. The Balaban J connectivity index is 2.28. The van der Waals surface area contributed by atoms with Crippen molar-refractivity contribution in [2.45, 2.75) is 44.4 Å². The van der Waals surface area contributed by atoms with Gasteiger partial charge in [-0.25, -0.2) is 4.68 Å². The summed E-state index contributed by atoms with van der Waals surface area (Å²) < 4.78 is 1.50. The normalized spacial score (nSPS) is 32.4. The van der Waals surface area contributed by atoms with Crippen LogP contribution in [0.25, 0.3) is 0 Å². The molecule has 4 heteroatoms. The first kappa shape index (κ1) is 9.68. The molecule has 2 unspecified atom stereocenters. The molecule has 2 atom stereocenters. The van der Waals surface area contributed by atoms with Crippen LogP contribution in [-0.2, 0) is 12.1 Å². The van der Waals surface area contributed by atoms with Gasteiger partial charge in [-0.3, -0.25) is 0 Å². The zero-order valence-corrected chi connectivity index (χ0v) is 8.35. The molecule has 1 saturated carbocycles. The van der Waals surface area contributed by atoms with Crippen molar-refractivity contribution >= 4 is 0 Å². The van der Waals surface area contributed by atoms with Gasteiger partial charge in [-0.1, -0.05) is 6.92 Å². The van der Waals surface area contributed by atoms with E-state index in [0.717, 1.165) is 18.4 Å². The molecule has 0 aliphatic heterocycles. The van der Waals surface area contributed by atoms with Crippen molar-refractivity contribution in [3.05, 3.63) is 18.0 Å². The van der Waals surface area contributed by atoms with Crippen LogP contribution in [0, 0.1) is 0 Å². The second-order valence-electron chi connectivity index (χ2n) is 3.93. The second-order valence-corrected chi connectivity index (χ2v) is 3.93. The Morgan fingerprint density at radius 3 is 3.00 bits per heavy atom. The van der Waals surface area contributed by atoms with Gasteiger partial charge in [0.05, 0.1) is 6.20 Å². The number of rotatable bonds is 2. The molecule has 2 rings (SSSR count). The summed E-state index contributed by atoms with van der Waals surface area (Å²) in [5, 5.41) is 24.0. The predicted octanol–water partition coefficient (Wildman–Crippen LogP) is 0.635. The van der Waals surface area contributed by atoms with E-state index >= 15 is 0 Å². The van der Waals surface area contributed by atoms with Crippen LogP contribution < -0.4 is 0 Å². The molecule has 1 fully saturated rings. The Morgan fingerprint density at radius 1 is 1.71 bits per heavy atom. The van der Waals surface area contributed by atoms with Crippen molar-refractivity contribution in [3.8, 4) is 0 Å². The number of nitrogens with zero attached hydrogens (tertiary/aromatic N) is 2. The number of aliphatic hydroxyl groups is 2. The highest BCUT2D eigenvalue weighted by Crippen LogP contribution is 2.33. The molecule has 2 N–H and O–H groups in total. The highest BCUT2D eigenvalue weighted by Gasteiger charge is 2.42. The molecule has 1 aromatic heterocycles. The minimum Gasteiger partial charge on any atom is -0.388 e. The summed E-state index contributed by atoms with van der Waals surface area (Å²) >= 11 is 0. The van der Waals surface area contributed by atoms with Crippen molar-refractivity contribution < 1.29 is 10.2 Å². The van der Waals surface area contributed by atoms with Crippen molar-refractivity contribution in [3.63, 3.8) is 0 Å². The predicted molar refractivity (Wildman–Crippen MR) is 51.7 cm³/mol. The summed E-state index contributed by atoms with van der Waals surface area (Å²) in [7, 11) is 0. The molecular formula is C10H16N2O2. The number of hydrogen-bond acceptors (Lipinski definition) is 3. The van der Waals surface area contributed by atoms with Crippen LogP contribution in [0.5, 0.6) is 0 Å². The molecular weight excluding hydrogens is 180 g/mol. The molecule has 0 bridgehead atoms. The zero-order valence-electron chi connectivity index (χ0n) is 8.35. The maximum atomic E-state index is 10.2. The lowest BCUT2D eigenvalue weighted by Gasteiger charge is -2.26. The standard InChI is InChI=1S/C10H16N2O2/c1-2-8-6-11-12(7-8)10(14)5-3-4-9(10)13/h6-7,9,13-14H,2-5H2,1H3. The monoisotopic (exact) mass is 196 g/mol. The molecule has 1 aliphatic rings. The van der Waals surface area contributed by atoms with E-state index in [1.54, 1.807) is 6.20 Å². The second kappa shape index (κ2) is 3.37. The fourth-order valence-electron chi connectivity index (χ4n) is 1.98. The van der Waals surface area contributed by atoms with Crippen molar-refractivity contribution in [1.29, 1.82) is 0 Å². The topological polar surface area (TPSA) is 58.3 Å². The van der Waals surface area contributed by atoms with Gasteiger partial charge in [-0.05, 0) is 31.2 Å². The van der Waals surface area contributed by atoms with E-state index in [-0.39, 0.29) is 0 Å². The van der Waals surface area contributed by atoms with Crippen LogP contribution in [-0.4, -0.2) is 26.1 Å². The molecule has 14 heavy (non-hydrogen) atoms. The van der Waals surface area contributed by atoms with Crippen molar-refractivity contribution in [2.24, 2.45) is 0 Å². The molecule has 1 aromatic rings. The molecule has 0 aromatic carbocycles. The molecule has 0 radical (unpaired) electrons. The number of aromatic nitrogens is 2. The fraction of sp³-hybridized carbons (Fsp3) is 0.700. The number of hydrogen-bond donors (Lipinski definition) is 2. The molecule has 1 aliphatic carbocycles. The SMILES string of the molecule is CCc1cnn(C2(O)CCCC2O)c1. The Kier molecular flexibility index (Phi) is 2.33. The highest BCUT2D eigenvalue weighted by atomic mass is 16.4.